The fraction of sp³-hybridized carbons (Fsp3) is 0.227. The Kier molecular flexibility index (Phi) is 5.12. The number of ether oxygens (including phenoxy) is 1. The van der Waals surface area contributed by atoms with Crippen LogP contribution >= 0.6 is 0 Å². The highest BCUT2D eigenvalue weighted by Gasteiger charge is 2.31. The smallest absolute Gasteiger partial charge is 0.274 e. The summed E-state index contributed by atoms with van der Waals surface area (Å²) >= 11 is 0. The predicted molar refractivity (Wildman–Crippen MR) is 106 cm³/mol. The number of benzene rings is 2. The first-order chi connectivity index (χ1) is 14.1. The number of aromatic nitrogens is 2. The molecular formula is C22H20FN3O3. The molecule has 148 valence electrons. The molecule has 0 spiro atoms. The summed E-state index contributed by atoms with van der Waals surface area (Å²) in [7, 11) is 1.61. The summed E-state index contributed by atoms with van der Waals surface area (Å²) in [6, 6.07) is 15.7. The summed E-state index contributed by atoms with van der Waals surface area (Å²) in [5.74, 6) is 0.0863. The van der Waals surface area contributed by atoms with Gasteiger partial charge in [-0.15, -0.1) is 0 Å². The van der Waals surface area contributed by atoms with Crippen molar-refractivity contribution in [1.29, 1.82) is 0 Å². The van der Waals surface area contributed by atoms with Crippen LogP contribution in [0.1, 0.15) is 34.9 Å². The van der Waals surface area contributed by atoms with E-state index in [1.54, 1.807) is 12.0 Å². The topological polar surface area (TPSA) is 64.4 Å². The van der Waals surface area contributed by atoms with Crippen LogP contribution in [-0.2, 0) is 0 Å². The number of likely N-dealkylation sites (tertiary alicyclic amines) is 1. The molecule has 0 aliphatic carbocycles. The molecule has 4 rings (SSSR count). The minimum absolute atomic E-state index is 0.0781. The van der Waals surface area contributed by atoms with Crippen LogP contribution in [0.5, 0.6) is 5.75 Å². The first-order valence-corrected chi connectivity index (χ1v) is 9.38. The molecule has 0 N–H and O–H groups in total. The monoisotopic (exact) mass is 393 g/mol. The third-order valence-corrected chi connectivity index (χ3v) is 5.08. The van der Waals surface area contributed by atoms with Gasteiger partial charge in [-0.3, -0.25) is 9.59 Å². The van der Waals surface area contributed by atoms with E-state index < -0.39 is 5.82 Å². The highest BCUT2D eigenvalue weighted by Crippen LogP contribution is 2.34. The first kappa shape index (κ1) is 18.9. The number of carbonyl (C=O) groups is 1. The molecule has 7 heteroatoms. The normalized spacial score (nSPS) is 16.1. The van der Waals surface area contributed by atoms with Crippen molar-refractivity contribution in [3.8, 4) is 11.4 Å². The molecule has 1 saturated heterocycles. The van der Waals surface area contributed by atoms with Gasteiger partial charge in [0.25, 0.3) is 11.5 Å². The fourth-order valence-electron chi connectivity index (χ4n) is 3.64. The molecule has 1 aliphatic heterocycles. The molecule has 1 atom stereocenters. The lowest BCUT2D eigenvalue weighted by Gasteiger charge is -2.25. The van der Waals surface area contributed by atoms with E-state index in [1.807, 2.05) is 24.3 Å². The third-order valence-electron chi connectivity index (χ3n) is 5.08. The van der Waals surface area contributed by atoms with Gasteiger partial charge in [-0.05, 0) is 60.9 Å². The Hall–Kier alpha value is -3.48. The second-order valence-electron chi connectivity index (χ2n) is 6.88. The summed E-state index contributed by atoms with van der Waals surface area (Å²) in [5, 5.41) is 4.24. The van der Waals surface area contributed by atoms with Crippen LogP contribution in [0.15, 0.2) is 65.5 Å². The van der Waals surface area contributed by atoms with Crippen LogP contribution < -0.4 is 10.3 Å². The van der Waals surface area contributed by atoms with Crippen molar-refractivity contribution in [2.45, 2.75) is 18.9 Å². The van der Waals surface area contributed by atoms with Crippen molar-refractivity contribution in [2.24, 2.45) is 0 Å². The molecular weight excluding hydrogens is 373 g/mol. The summed E-state index contributed by atoms with van der Waals surface area (Å²) in [4.78, 5) is 27.2. The fourth-order valence-corrected chi connectivity index (χ4v) is 3.64. The molecule has 0 radical (unpaired) electrons. The lowest BCUT2D eigenvalue weighted by Crippen LogP contribution is -2.33. The van der Waals surface area contributed by atoms with Gasteiger partial charge < -0.3 is 9.64 Å². The second-order valence-corrected chi connectivity index (χ2v) is 6.88. The maximum atomic E-state index is 13.2. The quantitative estimate of drug-likeness (QED) is 0.682. The van der Waals surface area contributed by atoms with Crippen molar-refractivity contribution >= 4 is 5.91 Å². The average molecular weight is 393 g/mol. The van der Waals surface area contributed by atoms with Crippen LogP contribution in [0.4, 0.5) is 4.39 Å². The van der Waals surface area contributed by atoms with Crippen LogP contribution in [0.25, 0.3) is 5.69 Å². The van der Waals surface area contributed by atoms with E-state index in [1.165, 1.54) is 36.4 Å². The average Bonchev–Trinajstić information content (AvgIpc) is 3.24. The van der Waals surface area contributed by atoms with Crippen LogP contribution in [-0.4, -0.2) is 34.2 Å². The molecule has 1 unspecified atom stereocenters. The van der Waals surface area contributed by atoms with Gasteiger partial charge >= 0.3 is 0 Å². The number of hydrogen-bond acceptors (Lipinski definition) is 4. The number of methoxy groups -OCH3 is 1. The first-order valence-electron chi connectivity index (χ1n) is 9.38. The van der Waals surface area contributed by atoms with Gasteiger partial charge in [0.15, 0.2) is 0 Å². The summed E-state index contributed by atoms with van der Waals surface area (Å²) < 4.78 is 19.6. The Morgan fingerprint density at radius 1 is 1.14 bits per heavy atom. The maximum absolute atomic E-state index is 13.2. The predicted octanol–water partition coefficient (Wildman–Crippen LogP) is 3.36. The Morgan fingerprint density at radius 2 is 1.93 bits per heavy atom. The lowest BCUT2D eigenvalue weighted by atomic mass is 10.0. The second kappa shape index (κ2) is 7.87. The van der Waals surface area contributed by atoms with E-state index in [0.29, 0.717) is 12.2 Å². The number of nitrogens with zero attached hydrogens (tertiary/aromatic N) is 3. The highest BCUT2D eigenvalue weighted by molar-refractivity contribution is 5.92. The van der Waals surface area contributed by atoms with Crippen molar-refractivity contribution in [1.82, 2.24) is 14.7 Å². The van der Waals surface area contributed by atoms with Crippen LogP contribution in [0.2, 0.25) is 0 Å². The zero-order valence-electron chi connectivity index (χ0n) is 15.9. The van der Waals surface area contributed by atoms with E-state index in [2.05, 4.69) is 5.10 Å². The van der Waals surface area contributed by atoms with Gasteiger partial charge in [-0.2, -0.15) is 9.78 Å². The van der Waals surface area contributed by atoms with E-state index in [0.717, 1.165) is 28.8 Å². The molecule has 2 aromatic carbocycles. The maximum Gasteiger partial charge on any atom is 0.274 e. The van der Waals surface area contributed by atoms with Crippen molar-refractivity contribution in [3.63, 3.8) is 0 Å². The molecule has 0 saturated carbocycles. The van der Waals surface area contributed by atoms with E-state index >= 15 is 0 Å². The number of rotatable bonds is 4. The number of amides is 1. The molecule has 1 aromatic heterocycles. The molecule has 6 nitrogen and oxygen atoms in total. The number of halogens is 1. The van der Waals surface area contributed by atoms with Crippen molar-refractivity contribution < 1.29 is 13.9 Å². The van der Waals surface area contributed by atoms with E-state index in [4.69, 9.17) is 4.74 Å². The minimum Gasteiger partial charge on any atom is -0.497 e. The highest BCUT2D eigenvalue weighted by atomic mass is 19.1. The van der Waals surface area contributed by atoms with Crippen LogP contribution in [0.3, 0.4) is 0 Å². The molecule has 1 fully saturated rings. The molecule has 0 bridgehead atoms. The zero-order chi connectivity index (χ0) is 20.4. The third kappa shape index (κ3) is 3.76. The Labute approximate surface area is 167 Å². The van der Waals surface area contributed by atoms with Crippen LogP contribution in [0, 0.1) is 5.82 Å². The summed E-state index contributed by atoms with van der Waals surface area (Å²) in [5.41, 5.74) is 1.18. The Morgan fingerprint density at radius 3 is 2.69 bits per heavy atom. The van der Waals surface area contributed by atoms with Crippen molar-refractivity contribution in [2.75, 3.05) is 13.7 Å². The van der Waals surface area contributed by atoms with E-state index in [-0.39, 0.29) is 23.2 Å². The molecule has 2 heterocycles. The van der Waals surface area contributed by atoms with Gasteiger partial charge in [0, 0.05) is 12.6 Å². The molecule has 29 heavy (non-hydrogen) atoms. The van der Waals surface area contributed by atoms with Gasteiger partial charge in [0.2, 0.25) is 0 Å². The summed E-state index contributed by atoms with van der Waals surface area (Å²) in [6.07, 6.45) is 1.72. The minimum atomic E-state index is -0.410. The van der Waals surface area contributed by atoms with Crippen molar-refractivity contribution in [3.05, 3.63) is 88.1 Å². The molecule has 1 aliphatic rings. The zero-order valence-corrected chi connectivity index (χ0v) is 15.9. The SMILES string of the molecule is COc1cccc(C2CCCN2C(=O)c2ccc(=O)n(-c3ccc(F)cc3)n2)c1. The molecule has 3 aromatic rings. The van der Waals surface area contributed by atoms with Gasteiger partial charge in [0.05, 0.1) is 18.8 Å². The number of carbonyl (C=O) groups excluding carboxylic acids is 1. The lowest BCUT2D eigenvalue weighted by molar-refractivity contribution is 0.0727. The molecule has 1 amide bonds. The van der Waals surface area contributed by atoms with Gasteiger partial charge in [-0.25, -0.2) is 4.39 Å². The largest absolute Gasteiger partial charge is 0.497 e. The van der Waals surface area contributed by atoms with Gasteiger partial charge in [-0.1, -0.05) is 12.1 Å². The number of hydrogen-bond donors (Lipinski definition) is 0. The Balaban J connectivity index is 1.66. The standard InChI is InChI=1S/C22H20FN3O3/c1-29-18-5-2-4-15(14-18)20-6-3-13-25(20)22(28)19-11-12-21(27)26(24-19)17-9-7-16(23)8-10-17/h2,4-5,7-12,14,20H,3,6,13H2,1H3. The van der Waals surface area contributed by atoms with Gasteiger partial charge in [0.1, 0.15) is 17.3 Å². The van der Waals surface area contributed by atoms with E-state index in [9.17, 15) is 14.0 Å². The Bertz CT molecular complexity index is 1090. The summed E-state index contributed by atoms with van der Waals surface area (Å²) in [6.45, 7) is 0.609.